The Hall–Kier alpha value is -1.98. The highest BCUT2D eigenvalue weighted by molar-refractivity contribution is 5.96. The van der Waals surface area contributed by atoms with Crippen LogP contribution in [0.25, 0.3) is 0 Å². The van der Waals surface area contributed by atoms with Gasteiger partial charge in [-0.3, -0.25) is 9.59 Å². The lowest BCUT2D eigenvalue weighted by Crippen LogP contribution is -2.36. The van der Waals surface area contributed by atoms with Gasteiger partial charge in [0.25, 0.3) is 5.91 Å². The van der Waals surface area contributed by atoms with Gasteiger partial charge in [-0.2, -0.15) is 0 Å². The van der Waals surface area contributed by atoms with Crippen molar-refractivity contribution in [3.05, 3.63) is 35.4 Å². The standard InChI is InChI=1S/C11H11F2NO3/c1-2-14(6-9(15)16)11(17)7-4-3-5-8(12)10(7)13/h3-5H,2,6H2,1H3,(H,15,16). The van der Waals surface area contributed by atoms with Crippen LogP contribution in [0.15, 0.2) is 18.2 Å². The van der Waals surface area contributed by atoms with Crippen molar-refractivity contribution >= 4 is 11.9 Å². The van der Waals surface area contributed by atoms with Crippen LogP contribution in [0.5, 0.6) is 0 Å². The summed E-state index contributed by atoms with van der Waals surface area (Å²) in [6, 6.07) is 3.20. The molecular weight excluding hydrogens is 232 g/mol. The van der Waals surface area contributed by atoms with Crippen LogP contribution in [-0.4, -0.2) is 35.0 Å². The average Bonchev–Trinajstić information content (AvgIpc) is 2.28. The highest BCUT2D eigenvalue weighted by atomic mass is 19.2. The number of rotatable bonds is 4. The Bertz CT molecular complexity index is 448. The number of carboxylic acid groups (broad SMARTS) is 1. The van der Waals surface area contributed by atoms with E-state index in [4.69, 9.17) is 5.11 Å². The summed E-state index contributed by atoms with van der Waals surface area (Å²) in [4.78, 5) is 23.2. The highest BCUT2D eigenvalue weighted by Crippen LogP contribution is 2.13. The van der Waals surface area contributed by atoms with Crippen LogP contribution < -0.4 is 0 Å². The lowest BCUT2D eigenvalue weighted by atomic mass is 10.1. The number of carboxylic acids is 1. The number of hydrogen-bond acceptors (Lipinski definition) is 2. The van der Waals surface area contributed by atoms with Crippen molar-refractivity contribution in [2.45, 2.75) is 6.92 Å². The van der Waals surface area contributed by atoms with Crippen LogP contribution in [0, 0.1) is 11.6 Å². The van der Waals surface area contributed by atoms with Crippen LogP contribution in [0.4, 0.5) is 8.78 Å². The third-order valence-electron chi connectivity index (χ3n) is 2.18. The van der Waals surface area contributed by atoms with Gasteiger partial charge in [0.2, 0.25) is 0 Å². The number of carbonyl (C=O) groups excluding carboxylic acids is 1. The monoisotopic (exact) mass is 243 g/mol. The first-order valence-corrected chi connectivity index (χ1v) is 4.92. The van der Waals surface area contributed by atoms with E-state index in [9.17, 15) is 18.4 Å². The van der Waals surface area contributed by atoms with Crippen molar-refractivity contribution in [2.75, 3.05) is 13.1 Å². The van der Waals surface area contributed by atoms with Gasteiger partial charge in [-0.15, -0.1) is 0 Å². The van der Waals surface area contributed by atoms with Gasteiger partial charge in [0.15, 0.2) is 11.6 Å². The van der Waals surface area contributed by atoms with E-state index in [0.29, 0.717) is 0 Å². The van der Waals surface area contributed by atoms with Crippen molar-refractivity contribution in [1.29, 1.82) is 0 Å². The van der Waals surface area contributed by atoms with E-state index in [1.807, 2.05) is 0 Å². The molecule has 0 spiro atoms. The fourth-order valence-corrected chi connectivity index (χ4v) is 1.33. The summed E-state index contributed by atoms with van der Waals surface area (Å²) in [5, 5.41) is 8.57. The molecule has 1 amide bonds. The number of amides is 1. The number of likely N-dealkylation sites (N-methyl/N-ethyl adjacent to an activating group) is 1. The van der Waals surface area contributed by atoms with Crippen molar-refractivity contribution in [3.8, 4) is 0 Å². The first-order chi connectivity index (χ1) is 7.97. The van der Waals surface area contributed by atoms with Gasteiger partial charge in [0, 0.05) is 6.54 Å². The predicted molar refractivity (Wildman–Crippen MR) is 55.6 cm³/mol. The molecule has 0 aliphatic rings. The molecule has 0 saturated heterocycles. The second-order valence-corrected chi connectivity index (χ2v) is 3.31. The smallest absolute Gasteiger partial charge is 0.323 e. The Morgan fingerprint density at radius 2 is 2.00 bits per heavy atom. The number of halogens is 2. The maximum Gasteiger partial charge on any atom is 0.323 e. The molecule has 17 heavy (non-hydrogen) atoms. The van der Waals surface area contributed by atoms with Gasteiger partial charge in [-0.05, 0) is 19.1 Å². The Kier molecular flexibility index (Phi) is 4.14. The van der Waals surface area contributed by atoms with Crippen LogP contribution >= 0.6 is 0 Å². The Balaban J connectivity index is 3.02. The SMILES string of the molecule is CCN(CC(=O)O)C(=O)c1cccc(F)c1F. The average molecular weight is 243 g/mol. The van der Waals surface area contributed by atoms with E-state index >= 15 is 0 Å². The molecule has 1 aromatic rings. The van der Waals surface area contributed by atoms with Crippen molar-refractivity contribution in [3.63, 3.8) is 0 Å². The van der Waals surface area contributed by atoms with Gasteiger partial charge in [-0.1, -0.05) is 6.07 Å². The molecule has 0 saturated carbocycles. The van der Waals surface area contributed by atoms with Crippen LogP contribution in [0.1, 0.15) is 17.3 Å². The number of nitrogens with zero attached hydrogens (tertiary/aromatic N) is 1. The molecule has 0 fully saturated rings. The summed E-state index contributed by atoms with van der Waals surface area (Å²) in [6.07, 6.45) is 0. The zero-order chi connectivity index (χ0) is 13.0. The molecule has 1 rings (SSSR count). The largest absolute Gasteiger partial charge is 0.480 e. The molecule has 0 aliphatic carbocycles. The molecule has 0 bridgehead atoms. The number of hydrogen-bond donors (Lipinski definition) is 1. The molecule has 0 radical (unpaired) electrons. The number of carbonyl (C=O) groups is 2. The fraction of sp³-hybridized carbons (Fsp3) is 0.273. The van der Waals surface area contributed by atoms with Crippen LogP contribution in [-0.2, 0) is 4.79 Å². The maximum absolute atomic E-state index is 13.3. The summed E-state index contributed by atoms with van der Waals surface area (Å²) >= 11 is 0. The van der Waals surface area contributed by atoms with Crippen LogP contribution in [0.3, 0.4) is 0 Å². The fourth-order valence-electron chi connectivity index (χ4n) is 1.33. The molecular formula is C11H11F2NO3. The molecule has 92 valence electrons. The summed E-state index contributed by atoms with van der Waals surface area (Å²) in [5.74, 6) is -4.45. The molecule has 0 atom stereocenters. The van der Waals surface area contributed by atoms with Gasteiger partial charge in [-0.25, -0.2) is 8.78 Å². The van der Waals surface area contributed by atoms with E-state index in [2.05, 4.69) is 0 Å². The Morgan fingerprint density at radius 1 is 1.35 bits per heavy atom. The lowest BCUT2D eigenvalue weighted by molar-refractivity contribution is -0.137. The number of benzene rings is 1. The zero-order valence-electron chi connectivity index (χ0n) is 9.11. The van der Waals surface area contributed by atoms with Gasteiger partial charge < -0.3 is 10.0 Å². The topological polar surface area (TPSA) is 57.6 Å². The molecule has 1 aromatic carbocycles. The normalized spacial score (nSPS) is 10.1. The first kappa shape index (κ1) is 13.1. The third-order valence-corrected chi connectivity index (χ3v) is 2.18. The first-order valence-electron chi connectivity index (χ1n) is 4.92. The highest BCUT2D eigenvalue weighted by Gasteiger charge is 2.21. The minimum absolute atomic E-state index is 0.0983. The molecule has 6 heteroatoms. The van der Waals surface area contributed by atoms with E-state index in [1.54, 1.807) is 6.92 Å². The third kappa shape index (κ3) is 2.99. The Labute approximate surface area is 96.5 Å². The molecule has 0 unspecified atom stereocenters. The summed E-state index contributed by atoms with van der Waals surface area (Å²) < 4.78 is 26.2. The van der Waals surface area contributed by atoms with E-state index in [0.717, 1.165) is 17.0 Å². The van der Waals surface area contributed by atoms with Gasteiger partial charge >= 0.3 is 5.97 Å². The molecule has 1 N–H and O–H groups in total. The maximum atomic E-state index is 13.3. The van der Waals surface area contributed by atoms with E-state index < -0.39 is 35.6 Å². The van der Waals surface area contributed by atoms with Crippen molar-refractivity contribution < 1.29 is 23.5 Å². The summed E-state index contributed by atoms with van der Waals surface area (Å²) in [5.41, 5.74) is -0.465. The molecule has 0 aliphatic heterocycles. The summed E-state index contributed by atoms with van der Waals surface area (Å²) in [7, 11) is 0. The second kappa shape index (κ2) is 5.38. The van der Waals surface area contributed by atoms with Gasteiger partial charge in [0.1, 0.15) is 6.54 Å². The minimum atomic E-state index is -1.26. The van der Waals surface area contributed by atoms with Gasteiger partial charge in [0.05, 0.1) is 5.56 Å². The predicted octanol–water partition coefficient (Wildman–Crippen LogP) is 1.51. The quantitative estimate of drug-likeness (QED) is 0.872. The molecule has 0 aromatic heterocycles. The Morgan fingerprint density at radius 3 is 2.53 bits per heavy atom. The van der Waals surface area contributed by atoms with Crippen LogP contribution in [0.2, 0.25) is 0 Å². The van der Waals surface area contributed by atoms with Crippen molar-refractivity contribution in [1.82, 2.24) is 4.90 Å². The van der Waals surface area contributed by atoms with E-state index in [1.165, 1.54) is 6.07 Å². The zero-order valence-corrected chi connectivity index (χ0v) is 9.11. The lowest BCUT2D eigenvalue weighted by Gasteiger charge is -2.18. The van der Waals surface area contributed by atoms with Crippen molar-refractivity contribution in [2.24, 2.45) is 0 Å². The second-order valence-electron chi connectivity index (χ2n) is 3.31. The summed E-state index contributed by atoms with van der Waals surface area (Å²) in [6.45, 7) is 1.10. The minimum Gasteiger partial charge on any atom is -0.480 e. The number of aliphatic carboxylic acids is 1. The molecule has 4 nitrogen and oxygen atoms in total. The van der Waals surface area contributed by atoms with E-state index in [-0.39, 0.29) is 6.54 Å². The molecule has 0 heterocycles.